The molecule has 3 rings (SSSR count). The molecule has 0 aliphatic heterocycles. The predicted molar refractivity (Wildman–Crippen MR) is 109 cm³/mol. The van der Waals surface area contributed by atoms with E-state index in [0.29, 0.717) is 17.8 Å². The van der Waals surface area contributed by atoms with Crippen LogP contribution in [-0.4, -0.2) is 21.5 Å². The van der Waals surface area contributed by atoms with Crippen LogP contribution in [0.5, 0.6) is 0 Å². The van der Waals surface area contributed by atoms with Crippen molar-refractivity contribution in [2.75, 3.05) is 0 Å². The lowest BCUT2D eigenvalue weighted by atomic mass is 10.1. The van der Waals surface area contributed by atoms with Crippen LogP contribution in [-0.2, 0) is 6.54 Å². The van der Waals surface area contributed by atoms with Crippen LogP contribution in [0.15, 0.2) is 53.3 Å². The van der Waals surface area contributed by atoms with Crippen LogP contribution in [0.4, 0.5) is 0 Å². The van der Waals surface area contributed by atoms with Gasteiger partial charge in [-0.05, 0) is 44.0 Å². The van der Waals surface area contributed by atoms with Gasteiger partial charge in [0.25, 0.3) is 11.5 Å². The minimum Gasteiger partial charge on any atom is -0.350 e. The number of amides is 1. The summed E-state index contributed by atoms with van der Waals surface area (Å²) >= 11 is 0. The number of para-hydroxylation sites is 2. The van der Waals surface area contributed by atoms with Crippen molar-refractivity contribution in [1.29, 1.82) is 0 Å². The van der Waals surface area contributed by atoms with Crippen molar-refractivity contribution in [3.63, 3.8) is 0 Å². The summed E-state index contributed by atoms with van der Waals surface area (Å²) < 4.78 is 1.78. The van der Waals surface area contributed by atoms with Gasteiger partial charge in [-0.1, -0.05) is 38.1 Å². The highest BCUT2D eigenvalue weighted by Gasteiger charge is 2.14. The Balaban J connectivity index is 2.01. The van der Waals surface area contributed by atoms with Gasteiger partial charge in [-0.2, -0.15) is 0 Å². The fraction of sp³-hybridized carbons (Fsp3) is 0.318. The zero-order valence-electron chi connectivity index (χ0n) is 16.0. The van der Waals surface area contributed by atoms with Crippen molar-refractivity contribution in [3.05, 3.63) is 64.4 Å². The van der Waals surface area contributed by atoms with Gasteiger partial charge in [-0.25, -0.2) is 4.98 Å². The normalized spacial score (nSPS) is 12.1. The van der Waals surface area contributed by atoms with E-state index in [-0.39, 0.29) is 17.5 Å². The minimum atomic E-state index is -0.106. The number of nitrogens with zero attached hydrogens (tertiary/aromatic N) is 2. The molecule has 0 unspecified atom stereocenters. The lowest BCUT2D eigenvalue weighted by Crippen LogP contribution is -2.31. The zero-order chi connectivity index (χ0) is 19.4. The van der Waals surface area contributed by atoms with Gasteiger partial charge in [0, 0.05) is 23.7 Å². The van der Waals surface area contributed by atoms with E-state index in [4.69, 9.17) is 0 Å². The maximum absolute atomic E-state index is 13.0. The number of rotatable bonds is 6. The van der Waals surface area contributed by atoms with E-state index in [0.717, 1.165) is 29.4 Å². The summed E-state index contributed by atoms with van der Waals surface area (Å²) in [6.07, 6.45) is 1.74. The molecule has 1 heterocycles. The lowest BCUT2D eigenvalue weighted by molar-refractivity contribution is 0.0939. The standard InChI is InChI=1S/C22H25N3O2/c1-4-14-25-19-9-7-6-8-18(19)24-20(22(25)27)16-10-12-17(13-11-16)21(26)23-15(3)5-2/h6-13,15H,4-5,14H2,1-3H3,(H,23,26)/t15-/m1/s1. The third-order valence-corrected chi connectivity index (χ3v) is 4.71. The van der Waals surface area contributed by atoms with Crippen LogP contribution in [0.1, 0.15) is 44.0 Å². The molecule has 0 spiro atoms. The number of benzene rings is 2. The van der Waals surface area contributed by atoms with Crippen molar-refractivity contribution < 1.29 is 4.79 Å². The summed E-state index contributed by atoms with van der Waals surface area (Å²) in [5.74, 6) is -0.106. The number of carbonyl (C=O) groups is 1. The number of nitrogens with one attached hydrogen (secondary N) is 1. The molecule has 27 heavy (non-hydrogen) atoms. The molecule has 0 radical (unpaired) electrons. The summed E-state index contributed by atoms with van der Waals surface area (Å²) in [7, 11) is 0. The van der Waals surface area contributed by atoms with Gasteiger partial charge in [-0.3, -0.25) is 9.59 Å². The maximum Gasteiger partial charge on any atom is 0.277 e. The van der Waals surface area contributed by atoms with Gasteiger partial charge in [-0.15, -0.1) is 0 Å². The fourth-order valence-electron chi connectivity index (χ4n) is 3.01. The van der Waals surface area contributed by atoms with E-state index in [1.165, 1.54) is 0 Å². The highest BCUT2D eigenvalue weighted by Crippen LogP contribution is 2.19. The summed E-state index contributed by atoms with van der Waals surface area (Å²) in [4.78, 5) is 29.8. The first-order valence-electron chi connectivity index (χ1n) is 9.46. The summed E-state index contributed by atoms with van der Waals surface area (Å²) in [5, 5.41) is 2.95. The van der Waals surface area contributed by atoms with E-state index in [1.807, 2.05) is 45.0 Å². The first kappa shape index (κ1) is 18.8. The highest BCUT2D eigenvalue weighted by atomic mass is 16.1. The Morgan fingerprint density at radius 2 is 1.81 bits per heavy atom. The zero-order valence-corrected chi connectivity index (χ0v) is 16.0. The first-order valence-corrected chi connectivity index (χ1v) is 9.46. The number of carbonyl (C=O) groups excluding carboxylic acids is 1. The molecule has 1 aromatic heterocycles. The molecule has 1 amide bonds. The third kappa shape index (κ3) is 3.92. The van der Waals surface area contributed by atoms with Crippen LogP contribution < -0.4 is 10.9 Å². The van der Waals surface area contributed by atoms with E-state index in [2.05, 4.69) is 10.3 Å². The topological polar surface area (TPSA) is 64.0 Å². The van der Waals surface area contributed by atoms with Gasteiger partial charge in [0.15, 0.2) is 0 Å². The molecule has 140 valence electrons. The van der Waals surface area contributed by atoms with Gasteiger partial charge < -0.3 is 9.88 Å². The molecule has 0 aliphatic carbocycles. The maximum atomic E-state index is 13.0. The van der Waals surface area contributed by atoms with E-state index in [9.17, 15) is 9.59 Å². The van der Waals surface area contributed by atoms with Crippen LogP contribution in [0.25, 0.3) is 22.3 Å². The number of hydrogen-bond donors (Lipinski definition) is 1. The molecular formula is C22H25N3O2. The molecule has 3 aromatic rings. The Labute approximate surface area is 159 Å². The minimum absolute atomic E-state index is 0.104. The molecular weight excluding hydrogens is 338 g/mol. The first-order chi connectivity index (χ1) is 13.0. The molecule has 1 atom stereocenters. The summed E-state index contributed by atoms with van der Waals surface area (Å²) in [6.45, 7) is 6.69. The number of aryl methyl sites for hydroxylation is 1. The summed E-state index contributed by atoms with van der Waals surface area (Å²) in [6, 6.07) is 14.9. The monoisotopic (exact) mass is 363 g/mol. The Morgan fingerprint density at radius 1 is 1.11 bits per heavy atom. The summed E-state index contributed by atoms with van der Waals surface area (Å²) in [5.41, 5.74) is 3.24. The van der Waals surface area contributed by atoms with Gasteiger partial charge >= 0.3 is 0 Å². The average molecular weight is 363 g/mol. The quantitative estimate of drug-likeness (QED) is 0.720. The largest absolute Gasteiger partial charge is 0.350 e. The number of aromatic nitrogens is 2. The SMILES string of the molecule is CCCn1c(=O)c(-c2ccc(C(=O)N[C@H](C)CC)cc2)nc2ccccc21. The molecule has 0 bridgehead atoms. The van der Waals surface area contributed by atoms with Gasteiger partial charge in [0.05, 0.1) is 11.0 Å². The van der Waals surface area contributed by atoms with Crippen LogP contribution in [0.3, 0.4) is 0 Å². The second-order valence-electron chi connectivity index (χ2n) is 6.77. The number of hydrogen-bond acceptors (Lipinski definition) is 3. The average Bonchev–Trinajstić information content (AvgIpc) is 2.70. The molecule has 0 aliphatic rings. The second kappa shape index (κ2) is 8.16. The molecule has 5 heteroatoms. The lowest BCUT2D eigenvalue weighted by Gasteiger charge is -2.13. The van der Waals surface area contributed by atoms with Crippen LogP contribution in [0.2, 0.25) is 0 Å². The molecule has 0 saturated carbocycles. The van der Waals surface area contributed by atoms with Crippen molar-refractivity contribution in [2.45, 2.75) is 46.2 Å². The number of fused-ring (bicyclic) bond motifs is 1. The van der Waals surface area contributed by atoms with Crippen molar-refractivity contribution in [2.24, 2.45) is 0 Å². The predicted octanol–water partition coefficient (Wildman–Crippen LogP) is 4.00. The Bertz CT molecular complexity index is 1010. The molecule has 0 fully saturated rings. The molecule has 1 N–H and O–H groups in total. The van der Waals surface area contributed by atoms with Crippen LogP contribution in [0, 0.1) is 0 Å². The smallest absolute Gasteiger partial charge is 0.277 e. The Hall–Kier alpha value is -2.95. The fourth-order valence-corrected chi connectivity index (χ4v) is 3.01. The van der Waals surface area contributed by atoms with Gasteiger partial charge in [0.2, 0.25) is 0 Å². The van der Waals surface area contributed by atoms with Gasteiger partial charge in [0.1, 0.15) is 5.69 Å². The van der Waals surface area contributed by atoms with E-state index in [1.54, 1.807) is 28.8 Å². The van der Waals surface area contributed by atoms with Crippen LogP contribution >= 0.6 is 0 Å². The molecule has 5 nitrogen and oxygen atoms in total. The molecule has 2 aromatic carbocycles. The molecule has 0 saturated heterocycles. The van der Waals surface area contributed by atoms with Crippen molar-refractivity contribution in [1.82, 2.24) is 14.9 Å². The highest BCUT2D eigenvalue weighted by molar-refractivity contribution is 5.94. The Morgan fingerprint density at radius 3 is 2.48 bits per heavy atom. The van der Waals surface area contributed by atoms with E-state index < -0.39 is 0 Å². The van der Waals surface area contributed by atoms with Crippen molar-refractivity contribution >= 4 is 16.9 Å². The third-order valence-electron chi connectivity index (χ3n) is 4.71. The second-order valence-corrected chi connectivity index (χ2v) is 6.77. The van der Waals surface area contributed by atoms with Crippen molar-refractivity contribution in [3.8, 4) is 11.3 Å². The van der Waals surface area contributed by atoms with E-state index >= 15 is 0 Å². The Kier molecular flexibility index (Phi) is 5.69.